The third-order valence-corrected chi connectivity index (χ3v) is 6.59. The number of aromatic nitrogens is 2. The van der Waals surface area contributed by atoms with Crippen LogP contribution in [-0.2, 0) is 0 Å². The number of urea groups is 1. The van der Waals surface area contributed by atoms with Crippen LogP contribution in [0.2, 0.25) is 5.02 Å². The van der Waals surface area contributed by atoms with Crippen LogP contribution in [-0.4, -0.2) is 47.1 Å². The van der Waals surface area contributed by atoms with Crippen molar-refractivity contribution in [2.75, 3.05) is 41.7 Å². The van der Waals surface area contributed by atoms with Gasteiger partial charge in [-0.15, -0.1) is 0 Å². The van der Waals surface area contributed by atoms with Gasteiger partial charge in [-0.1, -0.05) is 35.1 Å². The van der Waals surface area contributed by atoms with Crippen LogP contribution in [0.1, 0.15) is 0 Å². The van der Waals surface area contributed by atoms with Crippen molar-refractivity contribution >= 4 is 61.5 Å². The molecule has 7 nitrogen and oxygen atoms in total. The molecule has 0 spiro atoms. The Balaban J connectivity index is 1.17. The third-order valence-electron chi connectivity index (χ3n) is 5.33. The first-order valence-electron chi connectivity index (χ1n) is 10.3. The first-order chi connectivity index (χ1) is 15.7. The van der Waals surface area contributed by atoms with E-state index in [2.05, 4.69) is 55.8 Å². The molecular weight excluding hydrogens is 444 g/mol. The van der Waals surface area contributed by atoms with Gasteiger partial charge in [0, 0.05) is 43.8 Å². The highest BCUT2D eigenvalue weighted by Crippen LogP contribution is 2.29. The van der Waals surface area contributed by atoms with E-state index in [-0.39, 0.29) is 6.03 Å². The van der Waals surface area contributed by atoms with Gasteiger partial charge in [-0.25, -0.2) is 14.8 Å². The Bertz CT molecular complexity index is 1200. The number of rotatable bonds is 4. The number of nitrogens with one attached hydrogen (secondary N) is 2. The second-order valence-electron chi connectivity index (χ2n) is 7.40. The van der Waals surface area contributed by atoms with Crippen LogP contribution < -0.4 is 15.5 Å². The lowest BCUT2D eigenvalue weighted by molar-refractivity contribution is 0.208. The number of nitrogens with zero attached hydrogens (tertiary/aromatic N) is 4. The summed E-state index contributed by atoms with van der Waals surface area (Å²) in [6, 6.07) is 19.7. The summed E-state index contributed by atoms with van der Waals surface area (Å²) in [5, 5.41) is 7.48. The van der Waals surface area contributed by atoms with Crippen LogP contribution in [0.4, 0.5) is 27.1 Å². The molecule has 1 aliphatic heterocycles. The highest BCUT2D eigenvalue weighted by Gasteiger charge is 2.22. The zero-order valence-corrected chi connectivity index (χ0v) is 18.7. The molecule has 0 bridgehead atoms. The van der Waals surface area contributed by atoms with Gasteiger partial charge in [0.2, 0.25) is 0 Å². The minimum absolute atomic E-state index is 0.180. The molecule has 1 aliphatic rings. The maximum atomic E-state index is 12.5. The second kappa shape index (κ2) is 9.02. The summed E-state index contributed by atoms with van der Waals surface area (Å²) in [7, 11) is 0. The molecule has 2 N–H and O–H groups in total. The maximum Gasteiger partial charge on any atom is 0.323 e. The summed E-state index contributed by atoms with van der Waals surface area (Å²) in [6.45, 7) is 2.77. The summed E-state index contributed by atoms with van der Waals surface area (Å²) in [6.07, 6.45) is 1.61. The van der Waals surface area contributed by atoms with Crippen molar-refractivity contribution in [3.05, 3.63) is 71.9 Å². The van der Waals surface area contributed by atoms with E-state index < -0.39 is 0 Å². The second-order valence-corrected chi connectivity index (χ2v) is 8.83. The van der Waals surface area contributed by atoms with E-state index in [1.807, 2.05) is 18.2 Å². The Labute approximate surface area is 194 Å². The Morgan fingerprint density at radius 2 is 1.75 bits per heavy atom. The van der Waals surface area contributed by atoms with E-state index in [0.29, 0.717) is 23.9 Å². The van der Waals surface area contributed by atoms with E-state index in [4.69, 9.17) is 11.6 Å². The number of amides is 2. The fourth-order valence-electron chi connectivity index (χ4n) is 3.63. The molecule has 2 aromatic carbocycles. The molecule has 32 heavy (non-hydrogen) atoms. The van der Waals surface area contributed by atoms with Crippen molar-refractivity contribution in [3.8, 4) is 0 Å². The van der Waals surface area contributed by atoms with E-state index in [9.17, 15) is 4.79 Å². The summed E-state index contributed by atoms with van der Waals surface area (Å²) >= 11 is 7.72. The van der Waals surface area contributed by atoms with Crippen molar-refractivity contribution in [2.45, 2.75) is 0 Å². The van der Waals surface area contributed by atoms with E-state index >= 15 is 0 Å². The van der Waals surface area contributed by atoms with Crippen molar-refractivity contribution in [2.24, 2.45) is 0 Å². The Morgan fingerprint density at radius 3 is 2.50 bits per heavy atom. The van der Waals surface area contributed by atoms with Crippen molar-refractivity contribution in [1.29, 1.82) is 0 Å². The minimum atomic E-state index is -0.180. The maximum absolute atomic E-state index is 12.5. The van der Waals surface area contributed by atoms with Crippen LogP contribution in [0.15, 0.2) is 66.9 Å². The summed E-state index contributed by atoms with van der Waals surface area (Å²) in [5.74, 6) is 0.387. The van der Waals surface area contributed by atoms with Crippen LogP contribution in [0.25, 0.3) is 10.2 Å². The molecule has 1 saturated heterocycles. The van der Waals surface area contributed by atoms with E-state index in [1.165, 1.54) is 4.70 Å². The number of halogens is 1. The number of anilines is 4. The number of hydrogen-bond acceptors (Lipinski definition) is 6. The van der Waals surface area contributed by atoms with Gasteiger partial charge in [0.05, 0.1) is 15.2 Å². The van der Waals surface area contributed by atoms with Crippen LogP contribution in [0.5, 0.6) is 0 Å². The molecule has 1 fully saturated rings. The molecule has 0 radical (unpaired) electrons. The van der Waals surface area contributed by atoms with Crippen molar-refractivity contribution in [3.63, 3.8) is 0 Å². The lowest BCUT2D eigenvalue weighted by Gasteiger charge is -2.36. The topological polar surface area (TPSA) is 73.4 Å². The zero-order valence-electron chi connectivity index (χ0n) is 17.2. The van der Waals surface area contributed by atoms with Gasteiger partial charge in [0.15, 0.2) is 10.9 Å². The third kappa shape index (κ3) is 4.46. The fraction of sp³-hybridized carbons (Fsp3) is 0.174. The Morgan fingerprint density at radius 1 is 0.969 bits per heavy atom. The van der Waals surface area contributed by atoms with E-state index in [1.54, 1.807) is 34.6 Å². The number of benzene rings is 2. The average molecular weight is 465 g/mol. The standard InChI is InChI=1S/C23H21ClN6OS/c24-18-4-3-11-25-21(18)28-23(31)30-14-12-29(13-15-30)17-9-7-16(8-10-17)26-22-27-19-5-1-2-6-20(19)32-22/h1-11H,12-15H2,(H,26,27)(H,25,28,31). The van der Waals surface area contributed by atoms with Gasteiger partial charge in [-0.2, -0.15) is 0 Å². The van der Waals surface area contributed by atoms with Crippen LogP contribution in [0.3, 0.4) is 0 Å². The average Bonchev–Trinajstić information content (AvgIpc) is 3.23. The molecule has 162 valence electrons. The van der Waals surface area contributed by atoms with Gasteiger partial charge >= 0.3 is 6.03 Å². The predicted octanol–water partition coefficient (Wildman–Crippen LogP) is 5.44. The Kier molecular flexibility index (Phi) is 5.79. The number of hydrogen-bond donors (Lipinski definition) is 2. The first-order valence-corrected chi connectivity index (χ1v) is 11.5. The number of pyridine rings is 1. The summed E-state index contributed by atoms with van der Waals surface area (Å²) < 4.78 is 1.17. The number of fused-ring (bicyclic) bond motifs is 1. The van der Waals surface area contributed by atoms with Gasteiger partial charge in [0.25, 0.3) is 0 Å². The largest absolute Gasteiger partial charge is 0.368 e. The minimum Gasteiger partial charge on any atom is -0.368 e. The number of para-hydroxylation sites is 1. The van der Waals surface area contributed by atoms with Crippen LogP contribution in [0, 0.1) is 0 Å². The monoisotopic (exact) mass is 464 g/mol. The molecule has 3 heterocycles. The molecule has 0 unspecified atom stereocenters. The lowest BCUT2D eigenvalue weighted by atomic mass is 10.2. The summed E-state index contributed by atoms with van der Waals surface area (Å²) in [5.41, 5.74) is 3.13. The first kappa shape index (κ1) is 20.5. The number of thiazole rings is 1. The van der Waals surface area contributed by atoms with E-state index in [0.717, 1.165) is 35.1 Å². The highest BCUT2D eigenvalue weighted by atomic mass is 35.5. The zero-order chi connectivity index (χ0) is 21.9. The molecule has 2 aromatic heterocycles. The molecule has 5 rings (SSSR count). The SMILES string of the molecule is O=C(Nc1ncccc1Cl)N1CCN(c2ccc(Nc3nc4ccccc4s3)cc2)CC1. The van der Waals surface area contributed by atoms with Gasteiger partial charge in [-0.3, -0.25) is 5.32 Å². The molecule has 9 heteroatoms. The highest BCUT2D eigenvalue weighted by molar-refractivity contribution is 7.22. The Hall–Kier alpha value is -3.36. The van der Waals surface area contributed by atoms with Crippen molar-refractivity contribution in [1.82, 2.24) is 14.9 Å². The number of carbonyl (C=O) groups excluding carboxylic acids is 1. The normalized spacial score (nSPS) is 13.9. The predicted molar refractivity (Wildman–Crippen MR) is 131 cm³/mol. The van der Waals surface area contributed by atoms with Gasteiger partial charge < -0.3 is 15.1 Å². The number of carbonyl (C=O) groups is 1. The molecule has 0 atom stereocenters. The summed E-state index contributed by atoms with van der Waals surface area (Å²) in [4.78, 5) is 25.3. The van der Waals surface area contributed by atoms with Crippen molar-refractivity contribution < 1.29 is 4.79 Å². The molecule has 0 saturated carbocycles. The molecule has 4 aromatic rings. The smallest absolute Gasteiger partial charge is 0.323 e. The molecular formula is C23H21ClN6OS. The van der Waals surface area contributed by atoms with Gasteiger partial charge in [-0.05, 0) is 48.5 Å². The molecule has 0 aliphatic carbocycles. The fourth-order valence-corrected chi connectivity index (χ4v) is 4.69. The van der Waals surface area contributed by atoms with Gasteiger partial charge in [0.1, 0.15) is 0 Å². The lowest BCUT2D eigenvalue weighted by Crippen LogP contribution is -2.50. The van der Waals surface area contributed by atoms with Crippen LogP contribution >= 0.6 is 22.9 Å². The molecule has 2 amide bonds. The number of piperazine rings is 1. The quantitative estimate of drug-likeness (QED) is 0.420.